The third kappa shape index (κ3) is 5.65. The number of nitrogens with one attached hydrogen (secondary N) is 1. The summed E-state index contributed by atoms with van der Waals surface area (Å²) in [6, 6.07) is 4.00. The first-order chi connectivity index (χ1) is 9.17. The molecular weight excluding hydrogens is 293 g/mol. The zero-order valence-corrected chi connectivity index (χ0v) is 11.2. The topological polar surface area (TPSA) is 110 Å². The molecule has 1 aromatic rings. The molecule has 0 spiro atoms. The fraction of sp³-hybridized carbons (Fsp3) is 0.273. The van der Waals surface area contributed by atoms with Crippen LogP contribution in [-0.4, -0.2) is 31.4 Å². The summed E-state index contributed by atoms with van der Waals surface area (Å²) in [5, 5.41) is 11.2. The molecule has 0 aliphatic rings. The molecule has 0 heterocycles. The molecule has 1 atom stereocenters. The number of amides is 1. The van der Waals surface area contributed by atoms with Crippen LogP contribution in [0, 0.1) is 0 Å². The van der Waals surface area contributed by atoms with Crippen LogP contribution in [-0.2, 0) is 26.5 Å². The van der Waals surface area contributed by atoms with Crippen LogP contribution in [0.5, 0.6) is 5.75 Å². The van der Waals surface area contributed by atoms with Crippen molar-refractivity contribution in [3.63, 3.8) is 0 Å². The summed E-state index contributed by atoms with van der Waals surface area (Å²) in [6.45, 7) is 1.19. The zero-order valence-electron chi connectivity index (χ0n) is 10.4. The smallest absolute Gasteiger partial charge is 0.480 e. The van der Waals surface area contributed by atoms with Gasteiger partial charge in [-0.1, -0.05) is 16.0 Å². The number of carboxylic acids is 1. The molecular formula is C11H12FNO6S. The maximum atomic E-state index is 12.3. The highest BCUT2D eigenvalue weighted by molar-refractivity contribution is 7.81. The van der Waals surface area contributed by atoms with E-state index in [0.29, 0.717) is 5.56 Å². The van der Waals surface area contributed by atoms with E-state index in [9.17, 15) is 21.9 Å². The van der Waals surface area contributed by atoms with Crippen LogP contribution in [0.4, 0.5) is 3.89 Å². The minimum absolute atomic E-state index is 0.00241. The van der Waals surface area contributed by atoms with Crippen molar-refractivity contribution in [3.8, 4) is 5.75 Å². The lowest BCUT2D eigenvalue weighted by molar-refractivity contribution is -0.141. The maximum absolute atomic E-state index is 12.3. The third-order valence-corrected chi connectivity index (χ3v) is 2.63. The highest BCUT2D eigenvalue weighted by atomic mass is 32.3. The molecule has 0 saturated heterocycles. The Morgan fingerprint density at radius 2 is 1.90 bits per heavy atom. The number of carbonyl (C=O) groups is 2. The molecule has 2 N–H and O–H groups in total. The summed E-state index contributed by atoms with van der Waals surface area (Å²) in [4.78, 5) is 21.8. The summed E-state index contributed by atoms with van der Waals surface area (Å²) in [5.74, 6) is -1.92. The second-order valence-electron chi connectivity index (χ2n) is 3.92. The van der Waals surface area contributed by atoms with Crippen LogP contribution in [0.2, 0.25) is 0 Å². The van der Waals surface area contributed by atoms with Gasteiger partial charge in [-0.2, -0.15) is 8.42 Å². The van der Waals surface area contributed by atoms with E-state index < -0.39 is 28.4 Å². The van der Waals surface area contributed by atoms with Gasteiger partial charge in [0, 0.05) is 13.3 Å². The predicted molar refractivity (Wildman–Crippen MR) is 66.0 cm³/mol. The van der Waals surface area contributed by atoms with Gasteiger partial charge in [-0.15, -0.1) is 0 Å². The lowest BCUT2D eigenvalue weighted by Gasteiger charge is -2.13. The second kappa shape index (κ2) is 6.33. The molecule has 1 rings (SSSR count). The molecule has 0 unspecified atom stereocenters. The fourth-order valence-electron chi connectivity index (χ4n) is 1.48. The quantitative estimate of drug-likeness (QED) is 0.737. The van der Waals surface area contributed by atoms with Crippen molar-refractivity contribution >= 4 is 22.4 Å². The third-order valence-electron chi connectivity index (χ3n) is 2.23. The maximum Gasteiger partial charge on any atom is 0.488 e. The van der Waals surface area contributed by atoms with Gasteiger partial charge in [0.05, 0.1) is 0 Å². The van der Waals surface area contributed by atoms with Crippen molar-refractivity contribution < 1.29 is 31.2 Å². The van der Waals surface area contributed by atoms with Crippen LogP contribution in [0.25, 0.3) is 0 Å². The van der Waals surface area contributed by atoms with Gasteiger partial charge in [0.25, 0.3) is 0 Å². The summed E-state index contributed by atoms with van der Waals surface area (Å²) in [5.41, 5.74) is 0.509. The molecule has 0 bridgehead atoms. The van der Waals surface area contributed by atoms with E-state index in [2.05, 4.69) is 9.50 Å². The summed E-state index contributed by atoms with van der Waals surface area (Å²) < 4.78 is 36.8. The average molecular weight is 305 g/mol. The Morgan fingerprint density at radius 1 is 1.35 bits per heavy atom. The van der Waals surface area contributed by atoms with Gasteiger partial charge >= 0.3 is 16.5 Å². The van der Waals surface area contributed by atoms with Crippen molar-refractivity contribution in [3.05, 3.63) is 29.8 Å². The van der Waals surface area contributed by atoms with E-state index in [4.69, 9.17) is 5.11 Å². The van der Waals surface area contributed by atoms with Crippen LogP contribution < -0.4 is 9.50 Å². The minimum Gasteiger partial charge on any atom is -0.480 e. The first kappa shape index (κ1) is 15.9. The molecule has 1 amide bonds. The number of hydrogen-bond acceptors (Lipinski definition) is 5. The van der Waals surface area contributed by atoms with E-state index in [1.807, 2.05) is 0 Å². The Hall–Kier alpha value is -2.16. The van der Waals surface area contributed by atoms with Gasteiger partial charge in [-0.25, -0.2) is 4.79 Å². The Labute approximate surface area is 114 Å². The van der Waals surface area contributed by atoms with Crippen molar-refractivity contribution in [2.75, 3.05) is 0 Å². The minimum atomic E-state index is -5.09. The Balaban J connectivity index is 2.77. The van der Waals surface area contributed by atoms with Crippen molar-refractivity contribution in [1.82, 2.24) is 5.32 Å². The Kier molecular flexibility index (Phi) is 5.03. The Morgan fingerprint density at radius 3 is 2.30 bits per heavy atom. The van der Waals surface area contributed by atoms with Crippen LogP contribution in [0.3, 0.4) is 0 Å². The van der Waals surface area contributed by atoms with E-state index in [1.54, 1.807) is 0 Å². The van der Waals surface area contributed by atoms with Crippen molar-refractivity contribution in [2.24, 2.45) is 0 Å². The normalized spacial score (nSPS) is 12.5. The van der Waals surface area contributed by atoms with E-state index in [-0.39, 0.29) is 12.2 Å². The van der Waals surface area contributed by atoms with Gasteiger partial charge in [0.1, 0.15) is 11.8 Å². The zero-order chi connectivity index (χ0) is 15.3. The largest absolute Gasteiger partial charge is 0.488 e. The second-order valence-corrected chi connectivity index (χ2v) is 4.87. The van der Waals surface area contributed by atoms with E-state index in [0.717, 1.165) is 0 Å². The van der Waals surface area contributed by atoms with Crippen LogP contribution in [0.1, 0.15) is 12.5 Å². The number of hydrogen-bond donors (Lipinski definition) is 2. The first-order valence-corrected chi connectivity index (χ1v) is 6.71. The fourth-order valence-corrected chi connectivity index (χ4v) is 1.82. The monoisotopic (exact) mass is 305 g/mol. The molecule has 110 valence electrons. The highest BCUT2D eigenvalue weighted by Gasteiger charge is 2.19. The lowest BCUT2D eigenvalue weighted by atomic mass is 10.1. The number of rotatable bonds is 6. The molecule has 0 radical (unpaired) electrons. The molecule has 7 nitrogen and oxygen atoms in total. The van der Waals surface area contributed by atoms with Crippen molar-refractivity contribution in [2.45, 2.75) is 19.4 Å². The molecule has 1 aromatic carbocycles. The molecule has 0 saturated carbocycles. The molecule has 0 aliphatic carbocycles. The predicted octanol–water partition coefficient (Wildman–Crippen LogP) is 0.411. The number of aliphatic carboxylic acids is 1. The highest BCUT2D eigenvalue weighted by Crippen LogP contribution is 2.16. The summed E-state index contributed by atoms with van der Waals surface area (Å²) in [7, 11) is -5.09. The molecule has 20 heavy (non-hydrogen) atoms. The lowest BCUT2D eigenvalue weighted by Crippen LogP contribution is -2.41. The number of carbonyl (C=O) groups excluding carboxylic acids is 1. The molecule has 9 heteroatoms. The SMILES string of the molecule is CC(=O)N[C@@H](Cc1ccc(OS(=O)(=O)F)cc1)C(=O)O. The van der Waals surface area contributed by atoms with Gasteiger partial charge in [0.2, 0.25) is 5.91 Å². The molecule has 0 aliphatic heterocycles. The Bertz CT molecular complexity index is 598. The summed E-state index contributed by atoms with van der Waals surface area (Å²) in [6.07, 6.45) is -0.00241. The first-order valence-electron chi connectivity index (χ1n) is 5.40. The van der Waals surface area contributed by atoms with Gasteiger partial charge in [-0.3, -0.25) is 4.79 Å². The van der Waals surface area contributed by atoms with E-state index in [1.165, 1.54) is 31.2 Å². The number of benzene rings is 1. The number of halogens is 1. The number of carboxylic acid groups (broad SMARTS) is 1. The molecule has 0 fully saturated rings. The standard InChI is InChI=1S/C11H12FNO6S/c1-7(14)13-10(11(15)16)6-8-2-4-9(5-3-8)19-20(12,17)18/h2-5,10H,6H2,1H3,(H,13,14)(H,15,16)/t10-/m0/s1. The van der Waals surface area contributed by atoms with Gasteiger partial charge < -0.3 is 14.6 Å². The van der Waals surface area contributed by atoms with Crippen LogP contribution in [0.15, 0.2) is 24.3 Å². The van der Waals surface area contributed by atoms with Gasteiger partial charge in [-0.05, 0) is 17.7 Å². The van der Waals surface area contributed by atoms with Gasteiger partial charge in [0.15, 0.2) is 0 Å². The molecule has 0 aromatic heterocycles. The van der Waals surface area contributed by atoms with Crippen LogP contribution >= 0.6 is 0 Å². The van der Waals surface area contributed by atoms with E-state index >= 15 is 0 Å². The average Bonchev–Trinajstić information content (AvgIpc) is 2.28. The van der Waals surface area contributed by atoms with Crippen molar-refractivity contribution in [1.29, 1.82) is 0 Å². The summed E-state index contributed by atoms with van der Waals surface area (Å²) >= 11 is 0.